The van der Waals surface area contributed by atoms with Crippen LogP contribution in [0.25, 0.3) is 0 Å². The summed E-state index contributed by atoms with van der Waals surface area (Å²) >= 11 is 1.99. The van der Waals surface area contributed by atoms with Gasteiger partial charge in [0.15, 0.2) is 0 Å². The van der Waals surface area contributed by atoms with Gasteiger partial charge in [-0.1, -0.05) is 13.8 Å². The second kappa shape index (κ2) is 8.92. The molecule has 0 amide bonds. The van der Waals surface area contributed by atoms with Gasteiger partial charge in [0.05, 0.1) is 6.61 Å². The van der Waals surface area contributed by atoms with Crippen LogP contribution in [-0.2, 0) is 0 Å². The average Bonchev–Trinajstić information content (AvgIpc) is 2.80. The Bertz CT molecular complexity index is 398. The van der Waals surface area contributed by atoms with Crippen LogP contribution in [0.2, 0.25) is 0 Å². The third-order valence-corrected chi connectivity index (χ3v) is 4.13. The number of nitrogens with one attached hydrogen (secondary N) is 1. The Morgan fingerprint density at radius 3 is 2.86 bits per heavy atom. The van der Waals surface area contributed by atoms with Crippen molar-refractivity contribution in [1.29, 1.82) is 0 Å². The van der Waals surface area contributed by atoms with E-state index in [-0.39, 0.29) is 0 Å². The third kappa shape index (κ3) is 5.22. The van der Waals surface area contributed by atoms with E-state index in [0.29, 0.717) is 18.6 Å². The number of hydrogen-bond acceptors (Lipinski definition) is 7. The number of rotatable bonds is 7. The summed E-state index contributed by atoms with van der Waals surface area (Å²) in [6, 6.07) is 0.428. The number of thioether (sulfide) groups is 1. The molecule has 0 aromatic carbocycles. The van der Waals surface area contributed by atoms with Crippen molar-refractivity contribution in [2.45, 2.75) is 33.1 Å². The molecule has 1 N–H and O–H groups in total. The maximum absolute atomic E-state index is 5.60. The minimum absolute atomic E-state index is 0.428. The minimum Gasteiger partial charge on any atom is -0.463 e. The molecule has 1 aromatic heterocycles. The van der Waals surface area contributed by atoms with Crippen molar-refractivity contribution in [2.24, 2.45) is 0 Å². The fourth-order valence-corrected chi connectivity index (χ4v) is 2.89. The Morgan fingerprint density at radius 2 is 2.05 bits per heavy atom. The van der Waals surface area contributed by atoms with Gasteiger partial charge in [-0.2, -0.15) is 26.7 Å². The molecule has 0 saturated carbocycles. The Balaban J connectivity index is 2.16. The highest BCUT2D eigenvalue weighted by molar-refractivity contribution is 7.99. The van der Waals surface area contributed by atoms with Crippen LogP contribution in [0.3, 0.4) is 0 Å². The van der Waals surface area contributed by atoms with Crippen molar-refractivity contribution < 1.29 is 4.74 Å². The average molecular weight is 311 g/mol. The number of hydrogen-bond donors (Lipinski definition) is 1. The fourth-order valence-electron chi connectivity index (χ4n) is 2.01. The predicted molar refractivity (Wildman–Crippen MR) is 88.5 cm³/mol. The van der Waals surface area contributed by atoms with Crippen molar-refractivity contribution in [3.05, 3.63) is 0 Å². The maximum Gasteiger partial charge on any atom is 0.323 e. The van der Waals surface area contributed by atoms with E-state index in [4.69, 9.17) is 4.74 Å². The molecular formula is C14H25N5OS. The lowest BCUT2D eigenvalue weighted by atomic mass is 10.4. The smallest absolute Gasteiger partial charge is 0.323 e. The Kier molecular flexibility index (Phi) is 6.85. The number of aromatic nitrogens is 3. The number of anilines is 2. The van der Waals surface area contributed by atoms with E-state index in [0.717, 1.165) is 44.2 Å². The van der Waals surface area contributed by atoms with E-state index in [1.54, 1.807) is 0 Å². The topological polar surface area (TPSA) is 63.2 Å². The van der Waals surface area contributed by atoms with E-state index in [1.165, 1.54) is 12.2 Å². The lowest BCUT2D eigenvalue weighted by molar-refractivity contribution is 0.292. The zero-order valence-electron chi connectivity index (χ0n) is 13.0. The van der Waals surface area contributed by atoms with E-state index in [1.807, 2.05) is 11.8 Å². The molecule has 2 heterocycles. The van der Waals surface area contributed by atoms with Crippen LogP contribution < -0.4 is 15.0 Å². The van der Waals surface area contributed by atoms with Crippen molar-refractivity contribution in [1.82, 2.24) is 15.0 Å². The standard InChI is InChI=1S/C14H25N5OS/c1-3-6-15-12-16-13(18-14(17-12)20-9-4-2)19-7-5-10-21-11-8-19/h3-11H2,1-2H3,(H,15,16,17,18). The minimum atomic E-state index is 0.428. The fraction of sp³-hybridized carbons (Fsp3) is 0.786. The van der Waals surface area contributed by atoms with E-state index < -0.39 is 0 Å². The Hall–Kier alpha value is -1.24. The first-order valence-electron chi connectivity index (χ1n) is 7.79. The van der Waals surface area contributed by atoms with Crippen molar-refractivity contribution in [3.63, 3.8) is 0 Å². The zero-order valence-corrected chi connectivity index (χ0v) is 13.8. The molecule has 1 fully saturated rings. The molecular weight excluding hydrogens is 286 g/mol. The lowest BCUT2D eigenvalue weighted by Gasteiger charge is -2.20. The van der Waals surface area contributed by atoms with Gasteiger partial charge >= 0.3 is 6.01 Å². The van der Waals surface area contributed by atoms with E-state index in [2.05, 4.69) is 39.0 Å². The van der Waals surface area contributed by atoms with Gasteiger partial charge in [0.2, 0.25) is 11.9 Å². The van der Waals surface area contributed by atoms with Crippen LogP contribution in [0.15, 0.2) is 0 Å². The summed E-state index contributed by atoms with van der Waals surface area (Å²) in [6.07, 6.45) is 3.14. The van der Waals surface area contributed by atoms with Crippen LogP contribution >= 0.6 is 11.8 Å². The van der Waals surface area contributed by atoms with Crippen molar-refractivity contribution in [2.75, 3.05) is 48.0 Å². The monoisotopic (exact) mass is 311 g/mol. The van der Waals surface area contributed by atoms with Crippen LogP contribution in [0.4, 0.5) is 11.9 Å². The van der Waals surface area contributed by atoms with Crippen LogP contribution in [0.1, 0.15) is 33.1 Å². The lowest BCUT2D eigenvalue weighted by Crippen LogP contribution is -2.28. The first kappa shape index (κ1) is 16.1. The van der Waals surface area contributed by atoms with Gasteiger partial charge in [0, 0.05) is 25.4 Å². The molecule has 0 spiro atoms. The highest BCUT2D eigenvalue weighted by Crippen LogP contribution is 2.19. The zero-order chi connectivity index (χ0) is 14.9. The molecule has 0 atom stereocenters. The molecule has 0 unspecified atom stereocenters. The normalized spacial score (nSPS) is 15.6. The van der Waals surface area contributed by atoms with E-state index >= 15 is 0 Å². The van der Waals surface area contributed by atoms with Gasteiger partial charge < -0.3 is 15.0 Å². The molecule has 118 valence electrons. The molecule has 0 aliphatic carbocycles. The Labute approximate surface area is 131 Å². The highest BCUT2D eigenvalue weighted by atomic mass is 32.2. The number of ether oxygens (including phenoxy) is 1. The summed E-state index contributed by atoms with van der Waals surface area (Å²) in [6.45, 7) is 7.66. The van der Waals surface area contributed by atoms with Gasteiger partial charge in [-0.25, -0.2) is 0 Å². The largest absolute Gasteiger partial charge is 0.463 e. The van der Waals surface area contributed by atoms with Crippen LogP contribution in [0.5, 0.6) is 6.01 Å². The molecule has 1 aliphatic rings. The summed E-state index contributed by atoms with van der Waals surface area (Å²) in [7, 11) is 0. The molecule has 0 radical (unpaired) electrons. The SMILES string of the molecule is CCCNc1nc(OCCC)nc(N2CCCSCC2)n1. The molecule has 6 nitrogen and oxygen atoms in total. The number of nitrogens with zero attached hydrogens (tertiary/aromatic N) is 4. The first-order chi connectivity index (χ1) is 10.3. The summed E-state index contributed by atoms with van der Waals surface area (Å²) in [5.41, 5.74) is 0. The summed E-state index contributed by atoms with van der Waals surface area (Å²) < 4.78 is 5.60. The van der Waals surface area contributed by atoms with Crippen molar-refractivity contribution >= 4 is 23.7 Å². The van der Waals surface area contributed by atoms with E-state index in [9.17, 15) is 0 Å². The third-order valence-electron chi connectivity index (χ3n) is 3.08. The summed E-state index contributed by atoms with van der Waals surface area (Å²) in [5.74, 6) is 3.68. The second-order valence-electron chi connectivity index (χ2n) is 4.97. The molecule has 2 rings (SSSR count). The summed E-state index contributed by atoms with van der Waals surface area (Å²) in [5, 5.41) is 3.23. The second-order valence-corrected chi connectivity index (χ2v) is 6.19. The maximum atomic E-state index is 5.60. The van der Waals surface area contributed by atoms with Gasteiger partial charge in [0.25, 0.3) is 0 Å². The van der Waals surface area contributed by atoms with Crippen LogP contribution in [0, 0.1) is 0 Å². The predicted octanol–water partition coefficient (Wildman–Crippen LogP) is 2.43. The molecule has 1 saturated heterocycles. The molecule has 1 aromatic rings. The van der Waals surface area contributed by atoms with Crippen LogP contribution in [-0.4, -0.2) is 52.7 Å². The van der Waals surface area contributed by atoms with Crippen molar-refractivity contribution in [3.8, 4) is 6.01 Å². The van der Waals surface area contributed by atoms with Gasteiger partial charge in [-0.05, 0) is 25.0 Å². The molecule has 1 aliphatic heterocycles. The van der Waals surface area contributed by atoms with Gasteiger partial charge in [-0.15, -0.1) is 0 Å². The first-order valence-corrected chi connectivity index (χ1v) is 8.94. The molecule has 0 bridgehead atoms. The Morgan fingerprint density at radius 1 is 1.14 bits per heavy atom. The van der Waals surface area contributed by atoms with Gasteiger partial charge in [-0.3, -0.25) is 0 Å². The molecule has 21 heavy (non-hydrogen) atoms. The highest BCUT2D eigenvalue weighted by Gasteiger charge is 2.16. The molecule has 7 heteroatoms. The quantitative estimate of drug-likeness (QED) is 0.829. The summed E-state index contributed by atoms with van der Waals surface area (Å²) in [4.78, 5) is 15.6. The van der Waals surface area contributed by atoms with Gasteiger partial charge in [0.1, 0.15) is 0 Å².